The Morgan fingerprint density at radius 3 is 2.37 bits per heavy atom. The number of benzene rings is 1. The summed E-state index contributed by atoms with van der Waals surface area (Å²) < 4.78 is 37.4. The van der Waals surface area contributed by atoms with Gasteiger partial charge >= 0.3 is 6.18 Å². The fourth-order valence-electron chi connectivity index (χ4n) is 2.37. The van der Waals surface area contributed by atoms with Crippen molar-refractivity contribution in [2.45, 2.75) is 37.1 Å². The van der Waals surface area contributed by atoms with Gasteiger partial charge in [0.25, 0.3) is 0 Å². The molecule has 2 atom stereocenters. The SMILES string of the molecule is N[C@]1(c2ccc(C(F)(F)F)cc2)CCC[C@H](O)C1=O. The number of hydrogen-bond donors (Lipinski definition) is 2. The smallest absolute Gasteiger partial charge is 0.385 e. The molecule has 3 N–H and O–H groups in total. The van der Waals surface area contributed by atoms with Crippen LogP contribution in [0, 0.1) is 0 Å². The number of aliphatic hydroxyl groups is 1. The fraction of sp³-hybridized carbons (Fsp3) is 0.462. The van der Waals surface area contributed by atoms with Crippen LogP contribution >= 0.6 is 0 Å². The molecule has 1 saturated carbocycles. The third-order valence-electron chi connectivity index (χ3n) is 3.52. The summed E-state index contributed by atoms with van der Waals surface area (Å²) >= 11 is 0. The Morgan fingerprint density at radius 1 is 1.26 bits per heavy atom. The first-order valence-electron chi connectivity index (χ1n) is 5.94. The molecule has 1 fully saturated rings. The lowest BCUT2D eigenvalue weighted by molar-refractivity contribution is -0.137. The molecular weight excluding hydrogens is 259 g/mol. The van der Waals surface area contributed by atoms with E-state index in [4.69, 9.17) is 5.73 Å². The standard InChI is InChI=1S/C13H14F3NO2/c14-13(15,16)9-5-3-8(4-6-9)12(17)7-1-2-10(18)11(12)19/h3-6,10,18H,1-2,7,17H2/t10-,12-/m0/s1. The Hall–Kier alpha value is -1.40. The van der Waals surface area contributed by atoms with Crippen molar-refractivity contribution in [1.82, 2.24) is 0 Å². The lowest BCUT2D eigenvalue weighted by Gasteiger charge is -2.34. The van der Waals surface area contributed by atoms with E-state index >= 15 is 0 Å². The highest BCUT2D eigenvalue weighted by Crippen LogP contribution is 2.35. The van der Waals surface area contributed by atoms with Crippen LogP contribution in [0.4, 0.5) is 13.2 Å². The van der Waals surface area contributed by atoms with Gasteiger partial charge in [0.2, 0.25) is 0 Å². The highest BCUT2D eigenvalue weighted by molar-refractivity contribution is 5.93. The van der Waals surface area contributed by atoms with Crippen LogP contribution in [0.3, 0.4) is 0 Å². The molecule has 2 rings (SSSR count). The predicted molar refractivity (Wildman–Crippen MR) is 62.2 cm³/mol. The van der Waals surface area contributed by atoms with Gasteiger partial charge in [0.05, 0.1) is 5.56 Å². The molecule has 0 radical (unpaired) electrons. The highest BCUT2D eigenvalue weighted by Gasteiger charge is 2.42. The maximum atomic E-state index is 12.5. The monoisotopic (exact) mass is 273 g/mol. The second kappa shape index (κ2) is 4.61. The molecule has 0 aromatic heterocycles. The number of alkyl halides is 3. The maximum absolute atomic E-state index is 12.5. The molecule has 0 spiro atoms. The Kier molecular flexibility index (Phi) is 3.40. The Balaban J connectivity index is 2.33. The predicted octanol–water partition coefficient (Wildman–Crippen LogP) is 1.97. The molecule has 0 amide bonds. The molecular formula is C13H14F3NO2. The van der Waals surface area contributed by atoms with Crippen molar-refractivity contribution >= 4 is 5.78 Å². The molecule has 0 aliphatic heterocycles. The molecule has 3 nitrogen and oxygen atoms in total. The fourth-order valence-corrected chi connectivity index (χ4v) is 2.37. The van der Waals surface area contributed by atoms with E-state index in [-0.39, 0.29) is 0 Å². The highest BCUT2D eigenvalue weighted by atomic mass is 19.4. The number of rotatable bonds is 1. The number of carbonyl (C=O) groups excluding carboxylic acids is 1. The zero-order chi connectivity index (χ0) is 14.3. The second-order valence-corrected chi connectivity index (χ2v) is 4.82. The molecule has 104 valence electrons. The first-order valence-corrected chi connectivity index (χ1v) is 5.94. The van der Waals surface area contributed by atoms with Crippen LogP contribution < -0.4 is 5.73 Å². The number of aliphatic hydroxyl groups excluding tert-OH is 1. The summed E-state index contributed by atoms with van der Waals surface area (Å²) in [5, 5.41) is 9.55. The van der Waals surface area contributed by atoms with Crippen LogP contribution in [0.1, 0.15) is 30.4 Å². The van der Waals surface area contributed by atoms with Crippen molar-refractivity contribution < 1.29 is 23.1 Å². The molecule has 0 bridgehead atoms. The lowest BCUT2D eigenvalue weighted by Crippen LogP contribution is -2.52. The zero-order valence-electron chi connectivity index (χ0n) is 10.1. The topological polar surface area (TPSA) is 63.3 Å². The minimum Gasteiger partial charge on any atom is -0.385 e. The van der Waals surface area contributed by atoms with Gasteiger partial charge in [-0.2, -0.15) is 13.2 Å². The number of carbonyl (C=O) groups is 1. The molecule has 6 heteroatoms. The Morgan fingerprint density at radius 2 is 1.84 bits per heavy atom. The van der Waals surface area contributed by atoms with E-state index in [1.807, 2.05) is 0 Å². The van der Waals surface area contributed by atoms with Gasteiger partial charge in [0.15, 0.2) is 5.78 Å². The summed E-state index contributed by atoms with van der Waals surface area (Å²) in [4.78, 5) is 11.9. The first kappa shape index (κ1) is 14.0. The van der Waals surface area contributed by atoms with Crippen LogP contribution in [-0.2, 0) is 16.5 Å². The first-order chi connectivity index (χ1) is 8.75. The Labute approximate surface area is 108 Å². The van der Waals surface area contributed by atoms with Crippen LogP contribution in [0.2, 0.25) is 0 Å². The van der Waals surface area contributed by atoms with Gasteiger partial charge in [-0.05, 0) is 37.0 Å². The van der Waals surface area contributed by atoms with E-state index in [0.717, 1.165) is 12.1 Å². The molecule has 1 aromatic rings. The van der Waals surface area contributed by atoms with E-state index in [0.29, 0.717) is 24.8 Å². The van der Waals surface area contributed by atoms with Crippen molar-refractivity contribution in [1.29, 1.82) is 0 Å². The van der Waals surface area contributed by atoms with Crippen LogP contribution in [0.5, 0.6) is 0 Å². The molecule has 19 heavy (non-hydrogen) atoms. The summed E-state index contributed by atoms with van der Waals surface area (Å²) in [5.41, 5.74) is 4.12. The maximum Gasteiger partial charge on any atom is 0.416 e. The number of ketones is 1. The summed E-state index contributed by atoms with van der Waals surface area (Å²) in [7, 11) is 0. The lowest BCUT2D eigenvalue weighted by atomic mass is 9.75. The molecule has 0 saturated heterocycles. The summed E-state index contributed by atoms with van der Waals surface area (Å²) in [5.74, 6) is -0.529. The number of halogens is 3. The minimum atomic E-state index is -4.42. The van der Waals surface area contributed by atoms with Gasteiger partial charge in [0.1, 0.15) is 11.6 Å². The van der Waals surface area contributed by atoms with E-state index in [2.05, 4.69) is 0 Å². The van der Waals surface area contributed by atoms with Gasteiger partial charge < -0.3 is 10.8 Å². The third kappa shape index (κ3) is 2.50. The number of hydrogen-bond acceptors (Lipinski definition) is 3. The molecule has 1 aromatic carbocycles. The van der Waals surface area contributed by atoms with Crippen LogP contribution in [-0.4, -0.2) is 17.0 Å². The van der Waals surface area contributed by atoms with E-state index in [1.165, 1.54) is 12.1 Å². The van der Waals surface area contributed by atoms with Crippen LogP contribution in [0.15, 0.2) is 24.3 Å². The summed E-state index contributed by atoms with van der Waals surface area (Å²) in [6.07, 6.45) is -4.32. The normalized spacial score (nSPS) is 28.5. The van der Waals surface area contributed by atoms with Crippen molar-refractivity contribution in [2.24, 2.45) is 5.73 Å². The van der Waals surface area contributed by atoms with E-state index in [1.54, 1.807) is 0 Å². The summed E-state index contributed by atoms with van der Waals surface area (Å²) in [6, 6.07) is 4.22. The van der Waals surface area contributed by atoms with Crippen LogP contribution in [0.25, 0.3) is 0 Å². The minimum absolute atomic E-state index is 0.309. The van der Waals surface area contributed by atoms with Gasteiger partial charge in [0, 0.05) is 0 Å². The van der Waals surface area contributed by atoms with Crippen molar-refractivity contribution in [3.63, 3.8) is 0 Å². The average Bonchev–Trinajstić information content (AvgIpc) is 2.35. The van der Waals surface area contributed by atoms with Crippen molar-refractivity contribution in [3.05, 3.63) is 35.4 Å². The van der Waals surface area contributed by atoms with E-state index < -0.39 is 29.2 Å². The molecule has 1 aliphatic rings. The molecule has 0 heterocycles. The summed E-state index contributed by atoms with van der Waals surface area (Å²) in [6.45, 7) is 0. The van der Waals surface area contributed by atoms with Crippen molar-refractivity contribution in [2.75, 3.05) is 0 Å². The molecule has 1 aliphatic carbocycles. The van der Waals surface area contributed by atoms with Gasteiger partial charge in [-0.3, -0.25) is 4.79 Å². The van der Waals surface area contributed by atoms with Gasteiger partial charge in [-0.1, -0.05) is 12.1 Å². The third-order valence-corrected chi connectivity index (χ3v) is 3.52. The van der Waals surface area contributed by atoms with Gasteiger partial charge in [-0.15, -0.1) is 0 Å². The second-order valence-electron chi connectivity index (χ2n) is 4.82. The largest absolute Gasteiger partial charge is 0.416 e. The van der Waals surface area contributed by atoms with Gasteiger partial charge in [-0.25, -0.2) is 0 Å². The Bertz CT molecular complexity index is 484. The molecule has 0 unspecified atom stereocenters. The van der Waals surface area contributed by atoms with Crippen molar-refractivity contribution in [3.8, 4) is 0 Å². The zero-order valence-corrected chi connectivity index (χ0v) is 10.1. The average molecular weight is 273 g/mol. The number of nitrogens with two attached hydrogens (primary N) is 1. The number of Topliss-reactive ketones (excluding diaryl/α,β-unsaturated/α-hetero) is 1. The quantitative estimate of drug-likeness (QED) is 0.822. The van der Waals surface area contributed by atoms with E-state index in [9.17, 15) is 23.1 Å².